The molecule has 9 heteroatoms. The minimum Gasteiger partial charge on any atom is -0.497 e. The lowest BCUT2D eigenvalue weighted by atomic mass is 9.81. The van der Waals surface area contributed by atoms with Crippen molar-refractivity contribution in [2.45, 2.75) is 32.2 Å². The summed E-state index contributed by atoms with van der Waals surface area (Å²) in [5, 5.41) is 3.10. The van der Waals surface area contributed by atoms with Crippen molar-refractivity contribution in [2.24, 2.45) is 18.9 Å². The van der Waals surface area contributed by atoms with Gasteiger partial charge in [0.15, 0.2) is 5.82 Å². The van der Waals surface area contributed by atoms with Crippen LogP contribution in [0.3, 0.4) is 0 Å². The molecule has 0 aliphatic heterocycles. The number of likely N-dealkylation sites (N-methyl/N-ethyl adjacent to an activating group) is 1. The van der Waals surface area contributed by atoms with Gasteiger partial charge in [-0.15, -0.1) is 0 Å². The summed E-state index contributed by atoms with van der Waals surface area (Å²) in [6.45, 7) is 1.91. The third kappa shape index (κ3) is 5.35. The van der Waals surface area contributed by atoms with E-state index in [1.54, 1.807) is 32.0 Å². The Bertz CT molecular complexity index is 1230. The van der Waals surface area contributed by atoms with Gasteiger partial charge in [0.05, 0.1) is 30.4 Å². The van der Waals surface area contributed by atoms with E-state index >= 15 is 0 Å². The maximum absolute atomic E-state index is 13.1. The summed E-state index contributed by atoms with van der Waals surface area (Å²) in [5.41, 5.74) is 2.48. The van der Waals surface area contributed by atoms with Crippen molar-refractivity contribution in [2.75, 3.05) is 44.6 Å². The molecule has 1 fully saturated rings. The molecule has 1 amide bonds. The van der Waals surface area contributed by atoms with Crippen LogP contribution in [0.4, 0.5) is 11.5 Å². The Morgan fingerprint density at radius 2 is 1.94 bits per heavy atom. The van der Waals surface area contributed by atoms with E-state index in [0.717, 1.165) is 54.0 Å². The molecular formula is C26H35N5O4. The number of benzene rings is 1. The summed E-state index contributed by atoms with van der Waals surface area (Å²) in [5.74, 6) is 1.80. The van der Waals surface area contributed by atoms with Crippen LogP contribution < -0.4 is 20.6 Å². The van der Waals surface area contributed by atoms with Crippen LogP contribution in [0.25, 0.3) is 11.0 Å². The lowest BCUT2D eigenvalue weighted by Crippen LogP contribution is -2.31. The summed E-state index contributed by atoms with van der Waals surface area (Å²) in [6.07, 6.45) is 5.13. The number of imidazole rings is 1. The maximum atomic E-state index is 13.1. The molecule has 1 aliphatic rings. The number of fused-ring (bicyclic) bond motifs is 1. The number of amides is 1. The van der Waals surface area contributed by atoms with Crippen molar-refractivity contribution in [1.82, 2.24) is 14.1 Å². The van der Waals surface area contributed by atoms with Gasteiger partial charge in [0.25, 0.3) is 0 Å². The van der Waals surface area contributed by atoms with Crippen molar-refractivity contribution in [3.8, 4) is 5.75 Å². The molecule has 3 aromatic rings. The molecule has 0 radical (unpaired) electrons. The number of hydrogen-bond acceptors (Lipinski definition) is 6. The van der Waals surface area contributed by atoms with E-state index in [2.05, 4.69) is 10.3 Å². The number of carbonyl (C=O) groups is 1. The number of nitrogens with zero attached hydrogens (tertiary/aromatic N) is 4. The molecule has 1 aromatic carbocycles. The van der Waals surface area contributed by atoms with Crippen molar-refractivity contribution in [3.05, 3.63) is 47.0 Å². The number of aryl methyl sites for hydroxylation is 1. The molecule has 9 nitrogen and oxygen atoms in total. The van der Waals surface area contributed by atoms with Crippen LogP contribution >= 0.6 is 0 Å². The van der Waals surface area contributed by atoms with Crippen molar-refractivity contribution < 1.29 is 14.3 Å². The van der Waals surface area contributed by atoms with Gasteiger partial charge in [-0.25, -0.2) is 9.78 Å². The van der Waals surface area contributed by atoms with Gasteiger partial charge in [0.2, 0.25) is 5.91 Å². The Kier molecular flexibility index (Phi) is 7.75. The molecule has 0 spiro atoms. The number of pyridine rings is 1. The first kappa shape index (κ1) is 24.8. The number of anilines is 2. The van der Waals surface area contributed by atoms with Crippen LogP contribution in [0.15, 0.2) is 41.3 Å². The standard InChI is InChI=1S/C26H35N5O4/c1-29(14-15-34-3)24-21(6-5-13-27-24)28-25(32)19-9-7-18(8-10-19)17-31-23-16-20(35-4)11-12-22(23)30(2)26(31)33/h5-6,11-13,16,18-19H,7-10,14-15,17H2,1-4H3,(H,28,32). The second-order valence-corrected chi connectivity index (χ2v) is 9.30. The van der Waals surface area contributed by atoms with Crippen molar-refractivity contribution in [1.29, 1.82) is 0 Å². The minimum absolute atomic E-state index is 0.0187. The van der Waals surface area contributed by atoms with Gasteiger partial charge < -0.3 is 19.7 Å². The summed E-state index contributed by atoms with van der Waals surface area (Å²) >= 11 is 0. The van der Waals surface area contributed by atoms with E-state index < -0.39 is 0 Å². The van der Waals surface area contributed by atoms with E-state index in [1.165, 1.54) is 0 Å². The van der Waals surface area contributed by atoms with Crippen molar-refractivity contribution in [3.63, 3.8) is 0 Å². The first-order valence-electron chi connectivity index (χ1n) is 12.1. The monoisotopic (exact) mass is 481 g/mol. The zero-order valence-corrected chi connectivity index (χ0v) is 21.0. The Morgan fingerprint density at radius 3 is 2.66 bits per heavy atom. The molecule has 2 aromatic heterocycles. The first-order valence-corrected chi connectivity index (χ1v) is 12.1. The Hall–Kier alpha value is -3.33. The SMILES string of the molecule is COCCN(C)c1ncccc1NC(=O)C1CCC(Cn2c(=O)n(C)c3ccc(OC)cc32)CC1. The number of carbonyl (C=O) groups excluding carboxylic acids is 1. The predicted molar refractivity (Wildman–Crippen MR) is 137 cm³/mol. The van der Waals surface area contributed by atoms with Crippen LogP contribution in [0, 0.1) is 11.8 Å². The largest absolute Gasteiger partial charge is 0.497 e. The van der Waals surface area contributed by atoms with E-state index in [0.29, 0.717) is 25.6 Å². The summed E-state index contributed by atoms with van der Waals surface area (Å²) in [4.78, 5) is 32.4. The normalized spacial score (nSPS) is 17.9. The Morgan fingerprint density at radius 1 is 1.17 bits per heavy atom. The van der Waals surface area contributed by atoms with Crippen LogP contribution in [0.1, 0.15) is 25.7 Å². The van der Waals surface area contributed by atoms with E-state index in [4.69, 9.17) is 9.47 Å². The number of aromatic nitrogens is 3. The fourth-order valence-electron chi connectivity index (χ4n) is 4.93. The van der Waals surface area contributed by atoms with Gasteiger partial charge in [0.1, 0.15) is 5.75 Å². The number of hydrogen-bond donors (Lipinski definition) is 1. The second kappa shape index (κ2) is 10.9. The van der Waals surface area contributed by atoms with Crippen LogP contribution in [-0.2, 0) is 23.1 Å². The molecule has 1 saturated carbocycles. The van der Waals surface area contributed by atoms with Crippen LogP contribution in [0.5, 0.6) is 5.75 Å². The second-order valence-electron chi connectivity index (χ2n) is 9.30. The molecule has 0 atom stereocenters. The Balaban J connectivity index is 1.39. The summed E-state index contributed by atoms with van der Waals surface area (Å²) in [7, 11) is 7.03. The molecule has 0 unspecified atom stereocenters. The smallest absolute Gasteiger partial charge is 0.328 e. The highest BCUT2D eigenvalue weighted by molar-refractivity contribution is 5.95. The molecule has 1 aliphatic carbocycles. The fourth-order valence-corrected chi connectivity index (χ4v) is 4.93. The number of ether oxygens (including phenoxy) is 2. The van der Waals surface area contributed by atoms with Crippen LogP contribution in [0.2, 0.25) is 0 Å². The Labute approximate surface area is 205 Å². The van der Waals surface area contributed by atoms with Gasteiger partial charge in [0, 0.05) is 52.5 Å². The zero-order chi connectivity index (χ0) is 24.9. The minimum atomic E-state index is -0.0482. The summed E-state index contributed by atoms with van der Waals surface area (Å²) < 4.78 is 14.1. The van der Waals surface area contributed by atoms with Gasteiger partial charge in [-0.1, -0.05) is 0 Å². The molecule has 2 heterocycles. The number of rotatable bonds is 9. The highest BCUT2D eigenvalue weighted by atomic mass is 16.5. The zero-order valence-electron chi connectivity index (χ0n) is 21.0. The van der Waals surface area contributed by atoms with E-state index in [9.17, 15) is 9.59 Å². The number of methoxy groups -OCH3 is 2. The third-order valence-corrected chi connectivity index (χ3v) is 7.05. The average Bonchev–Trinajstić information content (AvgIpc) is 3.12. The molecule has 4 rings (SSSR count). The topological polar surface area (TPSA) is 90.6 Å². The maximum Gasteiger partial charge on any atom is 0.328 e. The molecule has 35 heavy (non-hydrogen) atoms. The van der Waals surface area contributed by atoms with Crippen molar-refractivity contribution >= 4 is 28.4 Å². The number of nitrogens with one attached hydrogen (secondary N) is 1. The fraction of sp³-hybridized carbons (Fsp3) is 0.500. The third-order valence-electron chi connectivity index (χ3n) is 7.05. The molecule has 1 N–H and O–H groups in total. The first-order chi connectivity index (χ1) is 16.9. The molecular weight excluding hydrogens is 446 g/mol. The molecule has 188 valence electrons. The summed E-state index contributed by atoms with van der Waals surface area (Å²) in [6, 6.07) is 9.43. The van der Waals surface area contributed by atoms with E-state index in [1.807, 2.05) is 46.8 Å². The molecule has 0 saturated heterocycles. The van der Waals surface area contributed by atoms with E-state index in [-0.39, 0.29) is 17.5 Å². The average molecular weight is 482 g/mol. The van der Waals surface area contributed by atoms with Gasteiger partial charge in [-0.2, -0.15) is 0 Å². The quantitative estimate of drug-likeness (QED) is 0.505. The highest BCUT2D eigenvalue weighted by Crippen LogP contribution is 2.32. The van der Waals surface area contributed by atoms with Crippen LogP contribution in [-0.4, -0.2) is 54.4 Å². The highest BCUT2D eigenvalue weighted by Gasteiger charge is 2.28. The van der Waals surface area contributed by atoms with Gasteiger partial charge in [-0.05, 0) is 55.9 Å². The lowest BCUT2D eigenvalue weighted by molar-refractivity contribution is -0.121. The van der Waals surface area contributed by atoms with Gasteiger partial charge >= 0.3 is 5.69 Å². The van der Waals surface area contributed by atoms with Gasteiger partial charge in [-0.3, -0.25) is 13.9 Å². The lowest BCUT2D eigenvalue weighted by Gasteiger charge is -2.28. The molecule has 0 bridgehead atoms. The predicted octanol–water partition coefficient (Wildman–Crippen LogP) is 3.27.